The van der Waals surface area contributed by atoms with Gasteiger partial charge in [-0.05, 0) is 35.4 Å². The predicted molar refractivity (Wildman–Crippen MR) is 197 cm³/mol. The Balaban J connectivity index is 1.62. The molecule has 2 heterocycles. The Morgan fingerprint density at radius 3 is 1.31 bits per heavy atom. The summed E-state index contributed by atoms with van der Waals surface area (Å²) in [6.45, 7) is 6.77. The first-order chi connectivity index (χ1) is 27.5. The molecule has 0 bridgehead atoms. The quantitative estimate of drug-likeness (QED) is 0.134. The summed E-state index contributed by atoms with van der Waals surface area (Å²) >= 11 is 0. The lowest BCUT2D eigenvalue weighted by Gasteiger charge is -2.32. The van der Waals surface area contributed by atoms with Crippen LogP contribution < -0.4 is 37.9 Å². The van der Waals surface area contributed by atoms with E-state index < -0.39 is 71.1 Å². The molecule has 16 heteroatoms. The lowest BCUT2D eigenvalue weighted by atomic mass is 9.87. The number of esters is 6. The molecular weight excluding hydrogens is 760 g/mol. The van der Waals surface area contributed by atoms with Crippen molar-refractivity contribution >= 4 is 47.4 Å². The number of benzene rings is 4. The molecule has 2 aliphatic heterocycles. The highest BCUT2D eigenvalue weighted by Gasteiger charge is 2.41. The summed E-state index contributed by atoms with van der Waals surface area (Å²) in [5.74, 6) is -7.48. The average molecular weight is 795 g/mol. The summed E-state index contributed by atoms with van der Waals surface area (Å²) < 4.78 is 45.4. The first-order valence-electron chi connectivity index (χ1n) is 17.6. The van der Waals surface area contributed by atoms with Gasteiger partial charge in [-0.3, -0.25) is 38.4 Å². The number of carbonyl (C=O) groups excluding carboxylic acids is 8. The lowest BCUT2D eigenvalue weighted by Crippen LogP contribution is -2.24. The van der Waals surface area contributed by atoms with Gasteiger partial charge in [0, 0.05) is 53.7 Å². The molecule has 58 heavy (non-hydrogen) atoms. The molecule has 298 valence electrons. The third kappa shape index (κ3) is 8.70. The Labute approximate surface area is 329 Å². The predicted octanol–water partition coefficient (Wildman–Crippen LogP) is 6.32. The fourth-order valence-electron chi connectivity index (χ4n) is 6.51. The summed E-state index contributed by atoms with van der Waals surface area (Å²) in [4.78, 5) is 102. The SMILES string of the molecule is CC(=O)Oc1ccc(C2CC(=O)c3c(cc(OC(C)=O)c(-c4c(OC(C)=O)cc(OC(C)=O)c5c4OC(c4ccc(OC(C)=O)cc4)CC5=O)c3OC(C)=O)O2)cc1. The molecule has 0 saturated carbocycles. The van der Waals surface area contributed by atoms with Gasteiger partial charge in [0.05, 0.1) is 24.0 Å². The molecular formula is C42H34O16. The van der Waals surface area contributed by atoms with Crippen molar-refractivity contribution in [1.29, 1.82) is 0 Å². The van der Waals surface area contributed by atoms with E-state index in [4.69, 9.17) is 37.9 Å². The summed E-state index contributed by atoms with van der Waals surface area (Å²) in [5.41, 5.74) is -0.232. The van der Waals surface area contributed by atoms with Crippen molar-refractivity contribution in [3.8, 4) is 57.1 Å². The summed E-state index contributed by atoms with van der Waals surface area (Å²) in [5, 5.41) is 0. The second-order valence-electron chi connectivity index (χ2n) is 13.1. The number of ketones is 2. The normalized spacial score (nSPS) is 15.3. The molecule has 6 rings (SSSR count). The maximum atomic E-state index is 14.2. The van der Waals surface area contributed by atoms with Crippen LogP contribution >= 0.6 is 0 Å². The molecule has 2 atom stereocenters. The molecule has 16 nitrogen and oxygen atoms in total. The number of Topliss-reactive ketones (excluding diaryl/α,β-unsaturated/α-hetero) is 2. The highest BCUT2D eigenvalue weighted by atomic mass is 16.6. The molecule has 4 aromatic rings. The van der Waals surface area contributed by atoms with Crippen LogP contribution in [0.5, 0.6) is 46.0 Å². The molecule has 0 spiro atoms. The molecule has 0 radical (unpaired) electrons. The van der Waals surface area contributed by atoms with Crippen LogP contribution in [0.4, 0.5) is 0 Å². The molecule has 0 aromatic heterocycles. The van der Waals surface area contributed by atoms with E-state index in [9.17, 15) is 38.4 Å². The first kappa shape index (κ1) is 40.3. The van der Waals surface area contributed by atoms with Gasteiger partial charge in [0.2, 0.25) is 0 Å². The van der Waals surface area contributed by atoms with Crippen LogP contribution in [0.15, 0.2) is 60.7 Å². The van der Waals surface area contributed by atoms with Crippen molar-refractivity contribution in [3.05, 3.63) is 82.9 Å². The van der Waals surface area contributed by atoms with Crippen LogP contribution in [0, 0.1) is 0 Å². The Morgan fingerprint density at radius 1 is 0.466 bits per heavy atom. The van der Waals surface area contributed by atoms with Crippen LogP contribution in [-0.2, 0) is 28.8 Å². The number of carbonyl (C=O) groups is 8. The van der Waals surface area contributed by atoms with Crippen LogP contribution in [0.1, 0.15) is 98.4 Å². The van der Waals surface area contributed by atoms with Gasteiger partial charge >= 0.3 is 35.8 Å². The van der Waals surface area contributed by atoms with E-state index in [1.54, 1.807) is 24.3 Å². The van der Waals surface area contributed by atoms with Crippen molar-refractivity contribution < 1.29 is 76.3 Å². The van der Waals surface area contributed by atoms with Gasteiger partial charge in [0.1, 0.15) is 63.6 Å². The Bertz CT molecular complexity index is 2410. The zero-order valence-electron chi connectivity index (χ0n) is 31.9. The minimum atomic E-state index is -1.06. The second kappa shape index (κ2) is 16.4. The van der Waals surface area contributed by atoms with Gasteiger partial charge in [0.25, 0.3) is 0 Å². The van der Waals surface area contributed by atoms with E-state index in [1.807, 2.05) is 0 Å². The van der Waals surface area contributed by atoms with Crippen LogP contribution in [0.3, 0.4) is 0 Å². The lowest BCUT2D eigenvalue weighted by molar-refractivity contribution is -0.133. The molecule has 0 saturated heterocycles. The second-order valence-corrected chi connectivity index (χ2v) is 13.1. The summed E-state index contributed by atoms with van der Waals surface area (Å²) in [6.07, 6.45) is -2.56. The number of fused-ring (bicyclic) bond motifs is 2. The van der Waals surface area contributed by atoms with Gasteiger partial charge in [-0.2, -0.15) is 0 Å². The minimum Gasteiger partial charge on any atom is -0.484 e. The number of hydrogen-bond donors (Lipinski definition) is 0. The molecule has 2 unspecified atom stereocenters. The monoisotopic (exact) mass is 794 g/mol. The zero-order valence-corrected chi connectivity index (χ0v) is 31.9. The number of ether oxygens (including phenoxy) is 8. The van der Waals surface area contributed by atoms with E-state index in [2.05, 4.69) is 0 Å². The van der Waals surface area contributed by atoms with Gasteiger partial charge in [-0.1, -0.05) is 24.3 Å². The van der Waals surface area contributed by atoms with E-state index in [0.717, 1.165) is 33.8 Å². The topological polar surface area (TPSA) is 210 Å². The Morgan fingerprint density at radius 2 is 0.862 bits per heavy atom. The van der Waals surface area contributed by atoms with Crippen molar-refractivity contribution in [2.75, 3.05) is 0 Å². The van der Waals surface area contributed by atoms with Gasteiger partial charge in [0.15, 0.2) is 17.3 Å². The van der Waals surface area contributed by atoms with Crippen LogP contribution in [-0.4, -0.2) is 47.4 Å². The van der Waals surface area contributed by atoms with Crippen molar-refractivity contribution in [2.45, 2.75) is 66.6 Å². The molecule has 2 aliphatic rings. The maximum Gasteiger partial charge on any atom is 0.308 e. The zero-order chi connectivity index (χ0) is 42.0. The Kier molecular flexibility index (Phi) is 11.4. The van der Waals surface area contributed by atoms with Gasteiger partial charge in [-0.25, -0.2) is 0 Å². The highest BCUT2D eigenvalue weighted by molar-refractivity contribution is 6.11. The minimum absolute atomic E-state index is 0.163. The standard InChI is InChI=1S/C42H34O16/c1-19(43)51-27-11-7-25(8-12-27)31-15-29(49)38-34(57-31)18-36(55-23(5)47)39(41(38)56-24(6)48)40-35(54-22(4)46)17-33(53-21(3)45)37-30(50)16-32(58-42(37)40)26-9-13-28(14-10-26)52-20(2)44/h7-14,17-18,31-32H,15-16H2,1-6H3. The average Bonchev–Trinajstić information content (AvgIpc) is 3.11. The van der Waals surface area contributed by atoms with Crippen molar-refractivity contribution in [2.24, 2.45) is 0 Å². The number of hydrogen-bond acceptors (Lipinski definition) is 16. The largest absolute Gasteiger partial charge is 0.484 e. The number of rotatable bonds is 9. The molecule has 0 fully saturated rings. The first-order valence-corrected chi connectivity index (χ1v) is 17.6. The third-order valence-electron chi connectivity index (χ3n) is 8.53. The highest BCUT2D eigenvalue weighted by Crippen LogP contribution is 2.58. The van der Waals surface area contributed by atoms with Gasteiger partial charge < -0.3 is 37.9 Å². The van der Waals surface area contributed by atoms with Crippen molar-refractivity contribution in [3.63, 3.8) is 0 Å². The van der Waals surface area contributed by atoms with E-state index in [1.165, 1.54) is 44.2 Å². The van der Waals surface area contributed by atoms with E-state index in [-0.39, 0.29) is 69.6 Å². The summed E-state index contributed by atoms with van der Waals surface area (Å²) in [6, 6.07) is 14.5. The smallest absolute Gasteiger partial charge is 0.308 e. The summed E-state index contributed by atoms with van der Waals surface area (Å²) in [7, 11) is 0. The van der Waals surface area contributed by atoms with Crippen molar-refractivity contribution in [1.82, 2.24) is 0 Å². The van der Waals surface area contributed by atoms with E-state index in [0.29, 0.717) is 11.1 Å². The molecule has 0 amide bonds. The molecule has 4 aromatic carbocycles. The Hall–Kier alpha value is -7.36. The van der Waals surface area contributed by atoms with Gasteiger partial charge in [-0.15, -0.1) is 0 Å². The fraction of sp³-hybridized carbons (Fsp3) is 0.238. The van der Waals surface area contributed by atoms with Crippen LogP contribution in [0.2, 0.25) is 0 Å². The maximum absolute atomic E-state index is 14.2. The third-order valence-corrected chi connectivity index (χ3v) is 8.53. The van der Waals surface area contributed by atoms with Crippen LogP contribution in [0.25, 0.3) is 11.1 Å². The van der Waals surface area contributed by atoms with E-state index >= 15 is 0 Å². The fourth-order valence-corrected chi connectivity index (χ4v) is 6.51. The molecule has 0 aliphatic carbocycles. The molecule has 0 N–H and O–H groups in total.